The largest absolute Gasteiger partial charge is 0.465 e. The maximum Gasteiger partial charge on any atom is 0.337 e. The van der Waals surface area contributed by atoms with Crippen molar-refractivity contribution in [1.82, 2.24) is 5.32 Å². The van der Waals surface area contributed by atoms with Crippen molar-refractivity contribution in [2.45, 2.75) is 17.9 Å². The molecule has 122 valence electrons. The molecule has 2 atom stereocenters. The predicted molar refractivity (Wildman–Crippen MR) is 89.9 cm³/mol. The molecule has 0 aliphatic carbocycles. The number of benzene rings is 2. The lowest BCUT2D eigenvalue weighted by molar-refractivity contribution is -0.121. The summed E-state index contributed by atoms with van der Waals surface area (Å²) >= 11 is 0. The number of ether oxygens (including phenoxy) is 1. The lowest BCUT2D eigenvalue weighted by atomic mass is 9.73. The molecule has 1 spiro atoms. The van der Waals surface area contributed by atoms with Gasteiger partial charge in [-0.05, 0) is 42.3 Å². The Bertz CT molecular complexity index is 816. The number of anilines is 1. The molecule has 0 unspecified atom stereocenters. The van der Waals surface area contributed by atoms with Crippen LogP contribution in [0.25, 0.3) is 0 Å². The molecule has 1 amide bonds. The summed E-state index contributed by atoms with van der Waals surface area (Å²) < 4.78 is 4.74. The molecule has 5 heteroatoms. The second-order valence-electron chi connectivity index (χ2n) is 6.22. The van der Waals surface area contributed by atoms with E-state index in [9.17, 15) is 9.59 Å². The van der Waals surface area contributed by atoms with Crippen LogP contribution < -0.4 is 10.6 Å². The van der Waals surface area contributed by atoms with Crippen LogP contribution in [0.2, 0.25) is 0 Å². The van der Waals surface area contributed by atoms with Gasteiger partial charge in [-0.15, -0.1) is 0 Å². The Morgan fingerprint density at radius 3 is 2.67 bits per heavy atom. The van der Waals surface area contributed by atoms with E-state index in [1.807, 2.05) is 36.4 Å². The zero-order chi connectivity index (χ0) is 16.7. The first kappa shape index (κ1) is 14.9. The van der Waals surface area contributed by atoms with Gasteiger partial charge in [-0.3, -0.25) is 4.79 Å². The first-order valence-corrected chi connectivity index (χ1v) is 7.99. The van der Waals surface area contributed by atoms with Gasteiger partial charge in [0.15, 0.2) is 0 Å². The van der Waals surface area contributed by atoms with Crippen molar-refractivity contribution >= 4 is 17.6 Å². The molecule has 2 aromatic rings. The van der Waals surface area contributed by atoms with E-state index in [0.717, 1.165) is 29.8 Å². The van der Waals surface area contributed by atoms with Crippen LogP contribution in [-0.4, -0.2) is 25.5 Å². The van der Waals surface area contributed by atoms with Crippen LogP contribution in [0.5, 0.6) is 0 Å². The molecule has 2 N–H and O–H groups in total. The molecule has 2 aliphatic heterocycles. The van der Waals surface area contributed by atoms with Gasteiger partial charge in [-0.1, -0.05) is 30.3 Å². The van der Waals surface area contributed by atoms with Gasteiger partial charge in [0.25, 0.3) is 0 Å². The maximum atomic E-state index is 12.8. The number of amides is 1. The molecule has 24 heavy (non-hydrogen) atoms. The molecule has 0 saturated carbocycles. The van der Waals surface area contributed by atoms with Crippen molar-refractivity contribution in [2.24, 2.45) is 0 Å². The molecule has 0 radical (unpaired) electrons. The number of esters is 1. The lowest BCUT2D eigenvalue weighted by Gasteiger charge is -2.29. The van der Waals surface area contributed by atoms with E-state index < -0.39 is 5.41 Å². The normalized spacial score (nSPS) is 24.7. The highest BCUT2D eigenvalue weighted by Gasteiger charge is 2.55. The van der Waals surface area contributed by atoms with Gasteiger partial charge in [-0.2, -0.15) is 0 Å². The zero-order valence-electron chi connectivity index (χ0n) is 13.3. The topological polar surface area (TPSA) is 67.4 Å². The molecule has 1 saturated heterocycles. The minimum atomic E-state index is -0.594. The summed E-state index contributed by atoms with van der Waals surface area (Å²) in [6, 6.07) is 15.0. The van der Waals surface area contributed by atoms with Crippen LogP contribution in [0.1, 0.15) is 33.9 Å². The van der Waals surface area contributed by atoms with Crippen molar-refractivity contribution in [3.8, 4) is 0 Å². The Kier molecular flexibility index (Phi) is 3.39. The molecule has 2 aliphatic rings. The molecule has 1 fully saturated rings. The highest BCUT2D eigenvalue weighted by atomic mass is 16.5. The van der Waals surface area contributed by atoms with Gasteiger partial charge in [0.1, 0.15) is 0 Å². The Balaban J connectivity index is 1.76. The minimum Gasteiger partial charge on any atom is -0.465 e. The van der Waals surface area contributed by atoms with Crippen molar-refractivity contribution < 1.29 is 14.3 Å². The number of para-hydroxylation sites is 1. The van der Waals surface area contributed by atoms with Gasteiger partial charge in [0.2, 0.25) is 5.91 Å². The molecule has 2 aromatic carbocycles. The van der Waals surface area contributed by atoms with Crippen molar-refractivity contribution in [1.29, 1.82) is 0 Å². The van der Waals surface area contributed by atoms with E-state index in [-0.39, 0.29) is 17.9 Å². The summed E-state index contributed by atoms with van der Waals surface area (Å²) in [6.45, 7) is 0.769. The molecule has 2 heterocycles. The maximum absolute atomic E-state index is 12.8. The Morgan fingerprint density at radius 1 is 1.17 bits per heavy atom. The number of carbonyl (C=O) groups excluding carboxylic acids is 2. The van der Waals surface area contributed by atoms with E-state index in [1.54, 1.807) is 12.1 Å². The highest BCUT2D eigenvalue weighted by Crippen LogP contribution is 2.50. The number of methoxy groups -OCH3 is 1. The molecule has 4 rings (SSSR count). The zero-order valence-corrected chi connectivity index (χ0v) is 13.3. The first-order chi connectivity index (χ1) is 11.7. The second kappa shape index (κ2) is 5.46. The molecule has 0 aromatic heterocycles. The van der Waals surface area contributed by atoms with Crippen LogP contribution in [0.15, 0.2) is 48.5 Å². The van der Waals surface area contributed by atoms with E-state index >= 15 is 0 Å². The lowest BCUT2D eigenvalue weighted by Crippen LogP contribution is -2.39. The standard InChI is InChI=1S/C19H18N2O3/c1-24-17(22)13-8-6-12(7-9-13)16-19(10-11-20-16)14-4-2-3-5-15(14)21-18(19)23/h2-9,16,20H,10-11H2,1H3,(H,21,23)/t16-,19+/m1/s1. The third kappa shape index (κ3) is 1.98. The molecular formula is C19H18N2O3. The third-order valence-electron chi connectivity index (χ3n) is 5.09. The smallest absolute Gasteiger partial charge is 0.337 e. The van der Waals surface area contributed by atoms with Gasteiger partial charge in [0, 0.05) is 5.69 Å². The fraction of sp³-hybridized carbons (Fsp3) is 0.263. The summed E-state index contributed by atoms with van der Waals surface area (Å²) in [5, 5.41) is 6.48. The monoisotopic (exact) mass is 322 g/mol. The SMILES string of the molecule is COC(=O)c1ccc([C@H]2NCC[C@@]23C(=O)Nc2ccccc23)cc1. The van der Waals surface area contributed by atoms with Gasteiger partial charge >= 0.3 is 5.97 Å². The van der Waals surface area contributed by atoms with Crippen molar-refractivity contribution in [3.05, 3.63) is 65.2 Å². The number of carbonyl (C=O) groups is 2. The van der Waals surface area contributed by atoms with E-state index in [4.69, 9.17) is 4.74 Å². The number of hydrogen-bond donors (Lipinski definition) is 2. The summed E-state index contributed by atoms with van der Waals surface area (Å²) in [5.74, 6) is -0.324. The van der Waals surface area contributed by atoms with Gasteiger partial charge in [0.05, 0.1) is 24.1 Å². The Morgan fingerprint density at radius 2 is 1.92 bits per heavy atom. The average molecular weight is 322 g/mol. The van der Waals surface area contributed by atoms with Gasteiger partial charge < -0.3 is 15.4 Å². The highest BCUT2D eigenvalue weighted by molar-refractivity contribution is 6.07. The summed E-state index contributed by atoms with van der Waals surface area (Å²) in [7, 11) is 1.36. The van der Waals surface area contributed by atoms with Crippen molar-refractivity contribution in [3.63, 3.8) is 0 Å². The Labute approximate surface area is 140 Å². The fourth-order valence-corrected chi connectivity index (χ4v) is 3.94. The summed E-state index contributed by atoms with van der Waals surface area (Å²) in [5.41, 5.74) is 2.84. The summed E-state index contributed by atoms with van der Waals surface area (Å²) in [4.78, 5) is 24.4. The molecular weight excluding hydrogens is 304 g/mol. The van der Waals surface area contributed by atoms with E-state index in [1.165, 1.54) is 7.11 Å². The average Bonchev–Trinajstić information content (AvgIpc) is 3.18. The number of nitrogens with one attached hydrogen (secondary N) is 2. The quantitative estimate of drug-likeness (QED) is 0.833. The van der Waals surface area contributed by atoms with Crippen LogP contribution in [0, 0.1) is 0 Å². The second-order valence-corrected chi connectivity index (χ2v) is 6.22. The van der Waals surface area contributed by atoms with Crippen LogP contribution in [0.4, 0.5) is 5.69 Å². The number of hydrogen-bond acceptors (Lipinski definition) is 4. The van der Waals surface area contributed by atoms with Crippen LogP contribution in [-0.2, 0) is 14.9 Å². The number of rotatable bonds is 2. The Hall–Kier alpha value is -2.66. The van der Waals surface area contributed by atoms with E-state index in [2.05, 4.69) is 10.6 Å². The summed E-state index contributed by atoms with van der Waals surface area (Å²) in [6.07, 6.45) is 0.749. The number of fused-ring (bicyclic) bond motifs is 2. The minimum absolute atomic E-state index is 0.0377. The van der Waals surface area contributed by atoms with Crippen molar-refractivity contribution in [2.75, 3.05) is 19.0 Å². The predicted octanol–water partition coefficient (Wildman–Crippen LogP) is 2.40. The molecule has 5 nitrogen and oxygen atoms in total. The van der Waals surface area contributed by atoms with E-state index in [0.29, 0.717) is 5.56 Å². The first-order valence-electron chi connectivity index (χ1n) is 7.99. The van der Waals surface area contributed by atoms with Crippen LogP contribution in [0.3, 0.4) is 0 Å². The third-order valence-corrected chi connectivity index (χ3v) is 5.09. The fourth-order valence-electron chi connectivity index (χ4n) is 3.94. The van der Waals surface area contributed by atoms with Gasteiger partial charge in [-0.25, -0.2) is 4.79 Å². The van der Waals surface area contributed by atoms with Crippen LogP contribution >= 0.6 is 0 Å². The molecule has 0 bridgehead atoms.